The van der Waals surface area contributed by atoms with Crippen LogP contribution in [0.5, 0.6) is 0 Å². The second-order valence-corrected chi connectivity index (χ2v) is 8.67. The smallest absolute Gasteiger partial charge is 0.249 e. The minimum Gasteiger partial charge on any atom is -0.360 e. The number of halogens is 1. The van der Waals surface area contributed by atoms with Crippen molar-refractivity contribution < 1.29 is 17.7 Å². The number of hydrogen-bond acceptors (Lipinski definition) is 5. The van der Waals surface area contributed by atoms with Crippen molar-refractivity contribution in [3.63, 3.8) is 0 Å². The van der Waals surface area contributed by atoms with Crippen molar-refractivity contribution in [2.75, 3.05) is 11.9 Å². The number of nitrogens with zero attached hydrogens (tertiary/aromatic N) is 2. The first-order valence-electron chi connectivity index (χ1n) is 7.82. The number of benzene rings is 1. The Morgan fingerprint density at radius 3 is 2.60 bits per heavy atom. The predicted molar refractivity (Wildman–Crippen MR) is 95.7 cm³/mol. The highest BCUT2D eigenvalue weighted by Crippen LogP contribution is 2.30. The molecule has 2 aromatic rings. The number of rotatable bonds is 4. The molecule has 0 saturated carbocycles. The molecule has 1 aliphatic heterocycles. The molecule has 1 saturated heterocycles. The summed E-state index contributed by atoms with van der Waals surface area (Å²) < 4.78 is 33.1. The molecule has 0 unspecified atom stereocenters. The number of anilines is 1. The number of aromatic nitrogens is 1. The van der Waals surface area contributed by atoms with Gasteiger partial charge in [0, 0.05) is 16.7 Å². The van der Waals surface area contributed by atoms with E-state index in [0.29, 0.717) is 30.8 Å². The fourth-order valence-corrected chi connectivity index (χ4v) is 5.22. The van der Waals surface area contributed by atoms with Crippen LogP contribution in [0.1, 0.15) is 24.3 Å². The number of hydrogen-bond donors (Lipinski definition) is 1. The highest BCUT2D eigenvalue weighted by atomic mass is 79.9. The highest BCUT2D eigenvalue weighted by Gasteiger charge is 2.41. The normalized spacial score (nSPS) is 18.4. The summed E-state index contributed by atoms with van der Waals surface area (Å²) in [5.74, 6) is -0.105. The number of aryl methyl sites for hydroxylation is 2. The SMILES string of the molecule is Cc1noc(C)c1S(=O)(=O)N1CCC[C@@H]1C(=O)Nc1ccc(Br)cc1. The average molecular weight is 428 g/mol. The third kappa shape index (κ3) is 3.49. The molecular weight excluding hydrogens is 410 g/mol. The lowest BCUT2D eigenvalue weighted by atomic mass is 10.2. The Bertz CT molecular complexity index is 873. The van der Waals surface area contributed by atoms with Crippen LogP contribution in [0.25, 0.3) is 0 Å². The third-order valence-corrected chi connectivity index (χ3v) is 6.83. The molecule has 1 N–H and O–H groups in total. The summed E-state index contributed by atoms with van der Waals surface area (Å²) in [6.07, 6.45) is 1.10. The molecular formula is C16H18BrN3O4S. The van der Waals surface area contributed by atoms with Crippen LogP contribution >= 0.6 is 15.9 Å². The summed E-state index contributed by atoms with van der Waals surface area (Å²) in [4.78, 5) is 12.7. The van der Waals surface area contributed by atoms with Crippen molar-refractivity contribution in [2.24, 2.45) is 0 Å². The van der Waals surface area contributed by atoms with Crippen LogP contribution in [0.4, 0.5) is 5.69 Å². The Balaban J connectivity index is 1.85. The Morgan fingerprint density at radius 1 is 1.32 bits per heavy atom. The van der Waals surface area contributed by atoms with Crippen molar-refractivity contribution in [3.8, 4) is 0 Å². The molecule has 0 bridgehead atoms. The molecule has 0 aliphatic carbocycles. The van der Waals surface area contributed by atoms with E-state index in [-0.39, 0.29) is 16.6 Å². The minimum atomic E-state index is -3.84. The van der Waals surface area contributed by atoms with Gasteiger partial charge in [-0.3, -0.25) is 4.79 Å². The molecule has 134 valence electrons. The summed E-state index contributed by atoms with van der Waals surface area (Å²) in [6.45, 7) is 3.43. The Hall–Kier alpha value is -1.71. The van der Waals surface area contributed by atoms with Crippen LogP contribution in [0.15, 0.2) is 38.2 Å². The molecule has 1 fully saturated rings. The van der Waals surface area contributed by atoms with E-state index in [1.165, 1.54) is 4.31 Å². The van der Waals surface area contributed by atoms with Gasteiger partial charge in [-0.25, -0.2) is 8.42 Å². The zero-order chi connectivity index (χ0) is 18.2. The summed E-state index contributed by atoms with van der Waals surface area (Å²) >= 11 is 3.33. The first kappa shape index (κ1) is 18.1. The van der Waals surface area contributed by atoms with Gasteiger partial charge >= 0.3 is 0 Å². The zero-order valence-corrected chi connectivity index (χ0v) is 16.2. The first-order valence-corrected chi connectivity index (χ1v) is 10.0. The van der Waals surface area contributed by atoms with Gasteiger partial charge in [-0.2, -0.15) is 4.31 Å². The van der Waals surface area contributed by atoms with Gasteiger partial charge in [-0.15, -0.1) is 0 Å². The van der Waals surface area contributed by atoms with E-state index in [1.807, 2.05) is 12.1 Å². The largest absolute Gasteiger partial charge is 0.360 e. The quantitative estimate of drug-likeness (QED) is 0.809. The van der Waals surface area contributed by atoms with Gasteiger partial charge in [0.25, 0.3) is 0 Å². The van der Waals surface area contributed by atoms with Crippen molar-refractivity contribution in [3.05, 3.63) is 40.2 Å². The van der Waals surface area contributed by atoms with E-state index in [0.717, 1.165) is 4.47 Å². The molecule has 1 aliphatic rings. The van der Waals surface area contributed by atoms with E-state index < -0.39 is 16.1 Å². The van der Waals surface area contributed by atoms with Gasteiger partial charge in [0.1, 0.15) is 16.6 Å². The van der Waals surface area contributed by atoms with E-state index in [9.17, 15) is 13.2 Å². The van der Waals surface area contributed by atoms with Crippen molar-refractivity contribution in [1.29, 1.82) is 0 Å². The summed E-state index contributed by atoms with van der Waals surface area (Å²) in [5.41, 5.74) is 0.922. The lowest BCUT2D eigenvalue weighted by Crippen LogP contribution is -2.43. The fraction of sp³-hybridized carbons (Fsp3) is 0.375. The molecule has 7 nitrogen and oxygen atoms in total. The first-order chi connectivity index (χ1) is 11.8. The molecule has 0 spiro atoms. The number of carbonyl (C=O) groups is 1. The molecule has 1 amide bonds. The van der Waals surface area contributed by atoms with Gasteiger partial charge in [-0.1, -0.05) is 21.1 Å². The predicted octanol–water partition coefficient (Wildman–Crippen LogP) is 2.85. The van der Waals surface area contributed by atoms with E-state index >= 15 is 0 Å². The van der Waals surface area contributed by atoms with Crippen molar-refractivity contribution >= 4 is 37.5 Å². The lowest BCUT2D eigenvalue weighted by Gasteiger charge is -2.23. The van der Waals surface area contributed by atoms with Crippen LogP contribution in [-0.2, 0) is 14.8 Å². The molecule has 3 rings (SSSR count). The fourth-order valence-electron chi connectivity index (χ4n) is 3.01. The summed E-state index contributed by atoms with van der Waals surface area (Å²) in [7, 11) is -3.84. The summed E-state index contributed by atoms with van der Waals surface area (Å²) in [6, 6.07) is 6.38. The Labute approximate surface area is 154 Å². The van der Waals surface area contributed by atoms with Crippen LogP contribution in [0.3, 0.4) is 0 Å². The Kier molecular flexibility index (Phi) is 4.99. The topological polar surface area (TPSA) is 92.5 Å². The molecule has 2 heterocycles. The van der Waals surface area contributed by atoms with Crippen LogP contribution in [-0.4, -0.2) is 36.4 Å². The number of sulfonamides is 1. The summed E-state index contributed by atoms with van der Waals surface area (Å²) in [5, 5.41) is 6.50. The number of carbonyl (C=O) groups excluding carboxylic acids is 1. The lowest BCUT2D eigenvalue weighted by molar-refractivity contribution is -0.119. The van der Waals surface area contributed by atoms with E-state index in [4.69, 9.17) is 4.52 Å². The maximum Gasteiger partial charge on any atom is 0.249 e. The van der Waals surface area contributed by atoms with Gasteiger partial charge in [0.2, 0.25) is 15.9 Å². The maximum absolute atomic E-state index is 13.0. The van der Waals surface area contributed by atoms with E-state index in [1.54, 1.807) is 26.0 Å². The highest BCUT2D eigenvalue weighted by molar-refractivity contribution is 9.10. The second-order valence-electron chi connectivity index (χ2n) is 5.92. The van der Waals surface area contributed by atoms with Gasteiger partial charge in [-0.05, 0) is 51.0 Å². The maximum atomic E-state index is 13.0. The molecule has 1 atom stereocenters. The third-order valence-electron chi connectivity index (χ3n) is 4.15. The van der Waals surface area contributed by atoms with Crippen LogP contribution in [0, 0.1) is 13.8 Å². The molecule has 25 heavy (non-hydrogen) atoms. The Morgan fingerprint density at radius 2 is 2.00 bits per heavy atom. The minimum absolute atomic E-state index is 0.0517. The monoisotopic (exact) mass is 427 g/mol. The van der Waals surface area contributed by atoms with Crippen molar-refractivity contribution in [1.82, 2.24) is 9.46 Å². The standard InChI is InChI=1S/C16H18BrN3O4S/c1-10-15(11(2)24-19-10)25(22,23)20-9-3-4-14(20)16(21)18-13-7-5-12(17)6-8-13/h5-8,14H,3-4,9H2,1-2H3,(H,18,21)/t14-/m1/s1. The van der Waals surface area contributed by atoms with Gasteiger partial charge < -0.3 is 9.84 Å². The average Bonchev–Trinajstić information content (AvgIpc) is 3.17. The number of nitrogens with one attached hydrogen (secondary N) is 1. The van der Waals surface area contributed by atoms with Gasteiger partial charge in [0.05, 0.1) is 0 Å². The van der Waals surface area contributed by atoms with E-state index in [2.05, 4.69) is 26.4 Å². The second kappa shape index (κ2) is 6.89. The van der Waals surface area contributed by atoms with Gasteiger partial charge in [0.15, 0.2) is 5.76 Å². The van der Waals surface area contributed by atoms with Crippen LogP contribution < -0.4 is 5.32 Å². The van der Waals surface area contributed by atoms with Crippen molar-refractivity contribution in [2.45, 2.75) is 37.6 Å². The molecule has 0 radical (unpaired) electrons. The molecule has 1 aromatic heterocycles. The molecule has 1 aromatic carbocycles. The van der Waals surface area contributed by atoms with Crippen LogP contribution in [0.2, 0.25) is 0 Å². The number of amides is 1. The molecule has 9 heteroatoms. The zero-order valence-electron chi connectivity index (χ0n) is 13.8.